The summed E-state index contributed by atoms with van der Waals surface area (Å²) < 4.78 is 0. The van der Waals surface area contributed by atoms with Gasteiger partial charge in [0.1, 0.15) is 0 Å². The number of thiophene rings is 1. The maximum atomic E-state index is 3.45. The molecule has 0 saturated heterocycles. The van der Waals surface area contributed by atoms with Crippen LogP contribution in [0.15, 0.2) is 16.8 Å². The zero-order chi connectivity index (χ0) is 11.8. The molecular weight excluding hydrogens is 216 g/mol. The van der Waals surface area contributed by atoms with E-state index in [9.17, 15) is 0 Å². The lowest BCUT2D eigenvalue weighted by Gasteiger charge is -2.27. The summed E-state index contributed by atoms with van der Waals surface area (Å²) in [7, 11) is 2.23. The minimum absolute atomic E-state index is 0.657. The first kappa shape index (κ1) is 13.7. The summed E-state index contributed by atoms with van der Waals surface area (Å²) in [6, 6.07) is 2.88. The Morgan fingerprint density at radius 2 is 2.25 bits per heavy atom. The molecule has 0 saturated carbocycles. The number of likely N-dealkylation sites (N-methyl/N-ethyl adjacent to an activating group) is 2. The number of nitrogens with zero attached hydrogens (tertiary/aromatic N) is 1. The quantitative estimate of drug-likeness (QED) is 0.751. The molecule has 0 fully saturated rings. The van der Waals surface area contributed by atoms with Crippen LogP contribution in [0.3, 0.4) is 0 Å². The second-order valence-electron chi connectivity index (χ2n) is 4.30. The average molecular weight is 240 g/mol. The lowest BCUT2D eigenvalue weighted by molar-refractivity contribution is 0.216. The van der Waals surface area contributed by atoms with E-state index in [4.69, 9.17) is 0 Å². The number of rotatable bonds is 8. The molecule has 1 aromatic rings. The SMILES string of the molecule is CCCC(CNCC)N(C)Cc1ccsc1. The van der Waals surface area contributed by atoms with Gasteiger partial charge in [0.25, 0.3) is 0 Å². The summed E-state index contributed by atoms with van der Waals surface area (Å²) in [6.07, 6.45) is 2.53. The Bertz CT molecular complexity index is 259. The van der Waals surface area contributed by atoms with E-state index >= 15 is 0 Å². The number of hydrogen-bond acceptors (Lipinski definition) is 3. The Labute approximate surface area is 104 Å². The van der Waals surface area contributed by atoms with E-state index < -0.39 is 0 Å². The van der Waals surface area contributed by atoms with Gasteiger partial charge in [-0.05, 0) is 42.4 Å². The number of nitrogens with one attached hydrogen (secondary N) is 1. The van der Waals surface area contributed by atoms with Crippen molar-refractivity contribution in [2.45, 2.75) is 39.3 Å². The molecule has 0 aromatic carbocycles. The summed E-state index contributed by atoms with van der Waals surface area (Å²) in [4.78, 5) is 2.47. The van der Waals surface area contributed by atoms with Crippen molar-refractivity contribution in [2.75, 3.05) is 20.1 Å². The molecule has 0 aliphatic rings. The van der Waals surface area contributed by atoms with E-state index in [1.807, 2.05) is 0 Å². The van der Waals surface area contributed by atoms with Crippen LogP contribution in [0.5, 0.6) is 0 Å². The molecule has 1 heterocycles. The van der Waals surface area contributed by atoms with Crippen molar-refractivity contribution in [2.24, 2.45) is 0 Å². The standard InChI is InChI=1S/C13H24N2S/c1-4-6-13(9-14-5-2)15(3)10-12-7-8-16-11-12/h7-8,11,13-14H,4-6,9-10H2,1-3H3. The van der Waals surface area contributed by atoms with Crippen LogP contribution in [0.1, 0.15) is 32.3 Å². The van der Waals surface area contributed by atoms with E-state index in [-0.39, 0.29) is 0 Å². The Hall–Kier alpha value is -0.380. The zero-order valence-electron chi connectivity index (χ0n) is 10.7. The Kier molecular flexibility index (Phi) is 6.69. The first-order valence-electron chi connectivity index (χ1n) is 6.20. The van der Waals surface area contributed by atoms with Gasteiger partial charge in [0, 0.05) is 19.1 Å². The van der Waals surface area contributed by atoms with Crippen LogP contribution in [-0.2, 0) is 6.54 Å². The molecule has 3 heteroatoms. The summed E-state index contributed by atoms with van der Waals surface area (Å²) in [6.45, 7) is 7.66. The molecule has 1 aromatic heterocycles. The monoisotopic (exact) mass is 240 g/mol. The fraction of sp³-hybridized carbons (Fsp3) is 0.692. The molecule has 2 nitrogen and oxygen atoms in total. The van der Waals surface area contributed by atoms with Crippen LogP contribution in [0.25, 0.3) is 0 Å². The minimum Gasteiger partial charge on any atom is -0.315 e. The highest BCUT2D eigenvalue weighted by molar-refractivity contribution is 7.07. The highest BCUT2D eigenvalue weighted by atomic mass is 32.1. The first-order chi connectivity index (χ1) is 7.77. The highest BCUT2D eigenvalue weighted by Gasteiger charge is 2.13. The van der Waals surface area contributed by atoms with Gasteiger partial charge in [-0.2, -0.15) is 11.3 Å². The number of hydrogen-bond donors (Lipinski definition) is 1. The van der Waals surface area contributed by atoms with Crippen LogP contribution >= 0.6 is 11.3 Å². The van der Waals surface area contributed by atoms with Crippen molar-refractivity contribution in [3.63, 3.8) is 0 Å². The minimum atomic E-state index is 0.657. The Morgan fingerprint density at radius 3 is 2.81 bits per heavy atom. The molecule has 0 spiro atoms. The third kappa shape index (κ3) is 4.64. The molecule has 0 amide bonds. The van der Waals surface area contributed by atoms with Crippen molar-refractivity contribution in [1.82, 2.24) is 10.2 Å². The van der Waals surface area contributed by atoms with Gasteiger partial charge >= 0.3 is 0 Å². The van der Waals surface area contributed by atoms with Gasteiger partial charge in [0.15, 0.2) is 0 Å². The highest BCUT2D eigenvalue weighted by Crippen LogP contribution is 2.12. The van der Waals surface area contributed by atoms with Gasteiger partial charge in [-0.3, -0.25) is 4.90 Å². The summed E-state index contributed by atoms with van der Waals surface area (Å²) in [5.41, 5.74) is 1.44. The van der Waals surface area contributed by atoms with Crippen molar-refractivity contribution in [1.29, 1.82) is 0 Å². The summed E-state index contributed by atoms with van der Waals surface area (Å²) >= 11 is 1.78. The molecule has 16 heavy (non-hydrogen) atoms. The van der Waals surface area contributed by atoms with Crippen molar-refractivity contribution in [3.05, 3.63) is 22.4 Å². The predicted molar refractivity (Wildman–Crippen MR) is 73.0 cm³/mol. The van der Waals surface area contributed by atoms with Gasteiger partial charge in [-0.25, -0.2) is 0 Å². The Morgan fingerprint density at radius 1 is 1.44 bits per heavy atom. The van der Waals surface area contributed by atoms with E-state index in [1.165, 1.54) is 18.4 Å². The largest absolute Gasteiger partial charge is 0.315 e. The first-order valence-corrected chi connectivity index (χ1v) is 7.14. The van der Waals surface area contributed by atoms with E-state index in [0.29, 0.717) is 6.04 Å². The molecule has 0 radical (unpaired) electrons. The molecule has 0 bridgehead atoms. The molecule has 1 unspecified atom stereocenters. The molecule has 0 aliphatic heterocycles. The van der Waals surface area contributed by atoms with Gasteiger partial charge in [-0.1, -0.05) is 20.3 Å². The van der Waals surface area contributed by atoms with Crippen LogP contribution in [-0.4, -0.2) is 31.1 Å². The molecule has 1 N–H and O–H groups in total. The van der Waals surface area contributed by atoms with E-state index in [0.717, 1.165) is 19.6 Å². The van der Waals surface area contributed by atoms with E-state index in [2.05, 4.69) is 47.9 Å². The van der Waals surface area contributed by atoms with Crippen molar-refractivity contribution in [3.8, 4) is 0 Å². The maximum Gasteiger partial charge on any atom is 0.0242 e. The van der Waals surface area contributed by atoms with Gasteiger partial charge in [0.05, 0.1) is 0 Å². The van der Waals surface area contributed by atoms with Crippen LogP contribution in [0.4, 0.5) is 0 Å². The lowest BCUT2D eigenvalue weighted by Crippen LogP contribution is -2.39. The van der Waals surface area contributed by atoms with Gasteiger partial charge in [0.2, 0.25) is 0 Å². The van der Waals surface area contributed by atoms with Gasteiger partial charge in [-0.15, -0.1) is 0 Å². The second-order valence-corrected chi connectivity index (χ2v) is 5.08. The third-order valence-corrected chi connectivity index (χ3v) is 3.62. The van der Waals surface area contributed by atoms with Crippen LogP contribution in [0, 0.1) is 0 Å². The third-order valence-electron chi connectivity index (χ3n) is 2.89. The Balaban J connectivity index is 2.42. The fourth-order valence-electron chi connectivity index (χ4n) is 1.92. The van der Waals surface area contributed by atoms with Gasteiger partial charge < -0.3 is 5.32 Å². The molecule has 0 aliphatic carbocycles. The smallest absolute Gasteiger partial charge is 0.0242 e. The second kappa shape index (κ2) is 7.82. The van der Waals surface area contributed by atoms with Crippen LogP contribution < -0.4 is 5.32 Å². The van der Waals surface area contributed by atoms with Crippen molar-refractivity contribution >= 4 is 11.3 Å². The normalized spacial score (nSPS) is 13.2. The average Bonchev–Trinajstić information content (AvgIpc) is 2.76. The lowest BCUT2D eigenvalue weighted by atomic mass is 10.1. The summed E-state index contributed by atoms with van der Waals surface area (Å²) in [5.74, 6) is 0. The van der Waals surface area contributed by atoms with E-state index in [1.54, 1.807) is 11.3 Å². The molecule has 1 rings (SSSR count). The molecule has 1 atom stereocenters. The molecular formula is C13H24N2S. The van der Waals surface area contributed by atoms with Crippen LogP contribution in [0.2, 0.25) is 0 Å². The topological polar surface area (TPSA) is 15.3 Å². The maximum absolute atomic E-state index is 3.45. The molecule has 92 valence electrons. The summed E-state index contributed by atoms with van der Waals surface area (Å²) in [5, 5.41) is 7.85. The zero-order valence-corrected chi connectivity index (χ0v) is 11.5. The fourth-order valence-corrected chi connectivity index (χ4v) is 2.58. The predicted octanol–water partition coefficient (Wildman–Crippen LogP) is 2.96. The van der Waals surface area contributed by atoms with Crippen molar-refractivity contribution < 1.29 is 0 Å².